The van der Waals surface area contributed by atoms with E-state index in [2.05, 4.69) is 15.4 Å². The molecule has 0 bridgehead atoms. The first-order chi connectivity index (χ1) is 28.4. The maximum absolute atomic E-state index is 14.8. The Labute approximate surface area is 354 Å². The summed E-state index contributed by atoms with van der Waals surface area (Å²) < 4.78 is 46.4. The summed E-state index contributed by atoms with van der Waals surface area (Å²) in [7, 11) is -2.35. The smallest absolute Gasteiger partial charge is 0.262 e. The highest BCUT2D eigenvalue weighted by atomic mass is 32.2. The molecule has 0 unspecified atom stereocenters. The number of nitrogens with one attached hydrogen (secondary N) is 3. The van der Waals surface area contributed by atoms with Crippen LogP contribution in [-0.4, -0.2) is 95.8 Å². The van der Waals surface area contributed by atoms with Crippen LogP contribution in [-0.2, 0) is 30.0 Å². The zero-order chi connectivity index (χ0) is 43.1. The van der Waals surface area contributed by atoms with E-state index >= 15 is 0 Å². The van der Waals surface area contributed by atoms with Gasteiger partial charge in [0.15, 0.2) is 0 Å². The highest BCUT2D eigenvalue weighted by Gasteiger charge is 2.62. The third-order valence-corrected chi connectivity index (χ3v) is 14.8. The Morgan fingerprint density at radius 3 is 2.53 bits per heavy atom. The van der Waals surface area contributed by atoms with E-state index in [-0.39, 0.29) is 25.5 Å². The second kappa shape index (κ2) is 17.0. The second-order valence-electron chi connectivity index (χ2n) is 17.2. The third kappa shape index (κ3) is 9.27. The number of carbonyl (C=O) groups excluding carboxylic acids is 4. The van der Waals surface area contributed by atoms with Gasteiger partial charge in [0.05, 0.1) is 41.0 Å². The van der Waals surface area contributed by atoms with Crippen LogP contribution in [0.5, 0.6) is 17.4 Å². The van der Waals surface area contributed by atoms with E-state index in [1.165, 1.54) is 4.90 Å². The van der Waals surface area contributed by atoms with E-state index in [4.69, 9.17) is 19.2 Å². The Morgan fingerprint density at radius 2 is 1.85 bits per heavy atom. The number of aromatic nitrogens is 1. The number of sulfonamides is 1. The molecule has 15 nitrogen and oxygen atoms in total. The van der Waals surface area contributed by atoms with Crippen molar-refractivity contribution in [1.29, 1.82) is 0 Å². The quantitative estimate of drug-likeness (QED) is 0.193. The molecule has 1 aromatic carbocycles. The van der Waals surface area contributed by atoms with Crippen LogP contribution in [0.25, 0.3) is 10.9 Å². The number of pyridine rings is 1. The molecule has 60 heavy (non-hydrogen) atoms. The summed E-state index contributed by atoms with van der Waals surface area (Å²) in [4.78, 5) is 64.1. The molecule has 2 aliphatic carbocycles. The van der Waals surface area contributed by atoms with Crippen molar-refractivity contribution in [2.75, 3.05) is 13.7 Å². The summed E-state index contributed by atoms with van der Waals surface area (Å²) >= 11 is 1.13. The van der Waals surface area contributed by atoms with E-state index in [1.54, 1.807) is 39.2 Å². The lowest BCUT2D eigenvalue weighted by atomic mass is 10.0. The van der Waals surface area contributed by atoms with Crippen molar-refractivity contribution < 1.29 is 46.9 Å². The number of rotatable bonds is 11. The van der Waals surface area contributed by atoms with Gasteiger partial charge in [-0.2, -0.15) is 0 Å². The number of carbonyl (C=O) groups is 4. The molecular formula is C43H55N5O10S2. The lowest BCUT2D eigenvalue weighted by Crippen LogP contribution is -2.58. The van der Waals surface area contributed by atoms with Crippen molar-refractivity contribution in [1.82, 2.24) is 25.2 Å². The molecule has 1 saturated heterocycles. The first kappa shape index (κ1) is 43.4. The van der Waals surface area contributed by atoms with Crippen molar-refractivity contribution in [2.24, 2.45) is 5.92 Å². The Bertz CT molecular complexity index is 2300. The number of hydrogen-bond donors (Lipinski definition) is 4. The Kier molecular flexibility index (Phi) is 12.3. The van der Waals surface area contributed by atoms with Crippen LogP contribution in [0.15, 0.2) is 42.5 Å². The van der Waals surface area contributed by atoms with Gasteiger partial charge in [0.2, 0.25) is 27.7 Å². The molecule has 0 radical (unpaired) electrons. The number of methoxy groups -OCH3 is 1. The van der Waals surface area contributed by atoms with Crippen LogP contribution >= 0.6 is 11.3 Å². The van der Waals surface area contributed by atoms with Crippen LogP contribution in [0.1, 0.15) is 106 Å². The Balaban J connectivity index is 1.23. The average molecular weight is 866 g/mol. The standard InChI is InChI=1S/C43H55N5O10S2/c1-24(2)57-36-21-33(29-16-17-32(56-6)25(3)37(29)45-36)58-27-20-31-38(49)46-43(41(52)47-60(54,55)28-14-15-28)22-26(43)12-10-8-7-9-11-13-30(40(51)48(31)23-27)44-39(50)34-18-19-35(59-34)42(4,5)53/h10,12,16-19,21,24,26-28,30-31,53H,7-9,11,13-15,20,22-23H2,1-6H3,(H,44,50)(H,46,49)(H,47,52)/b12-10-/t26-,27-,30+,31+,43-/m1/s1. The third-order valence-electron chi connectivity index (χ3n) is 11.6. The number of hydrogen-bond acceptors (Lipinski definition) is 12. The van der Waals surface area contributed by atoms with Gasteiger partial charge in [0, 0.05) is 34.2 Å². The topological polar surface area (TPSA) is 203 Å². The van der Waals surface area contributed by atoms with Crippen molar-refractivity contribution in [3.63, 3.8) is 0 Å². The SMILES string of the molecule is COc1ccc2c(O[C@@H]3C[C@H]4C(=O)N[C@]5(C(=O)NS(=O)(=O)C6CC6)C[C@H]5/C=C\CCCCC[C@H](NC(=O)c5ccc(C(C)(C)O)s5)C(=O)N4C3)cc(OC(C)C)nc2c1C. The summed E-state index contributed by atoms with van der Waals surface area (Å²) in [6.45, 7) is 8.86. The number of ether oxygens (including phenoxy) is 3. The number of fused-ring (bicyclic) bond motifs is 3. The summed E-state index contributed by atoms with van der Waals surface area (Å²) in [5.41, 5.74) is -1.34. The summed E-state index contributed by atoms with van der Waals surface area (Å²) in [5, 5.41) is 16.4. The van der Waals surface area contributed by atoms with Crippen LogP contribution in [0, 0.1) is 12.8 Å². The van der Waals surface area contributed by atoms with E-state index in [0.29, 0.717) is 70.1 Å². The Hall–Kier alpha value is -4.74. The molecule has 2 aromatic heterocycles. The highest BCUT2D eigenvalue weighted by molar-refractivity contribution is 7.91. The first-order valence-corrected chi connectivity index (χ1v) is 23.1. The molecule has 4 aliphatic rings. The molecule has 3 aromatic rings. The zero-order valence-corrected chi connectivity index (χ0v) is 36.5. The van der Waals surface area contributed by atoms with Gasteiger partial charge in [-0.05, 0) is 97.4 Å². The molecule has 17 heteroatoms. The van der Waals surface area contributed by atoms with Crippen LogP contribution in [0.3, 0.4) is 0 Å². The van der Waals surface area contributed by atoms with Gasteiger partial charge >= 0.3 is 0 Å². The minimum Gasteiger partial charge on any atom is -0.496 e. The molecule has 3 fully saturated rings. The molecule has 5 atom stereocenters. The van der Waals surface area contributed by atoms with Gasteiger partial charge in [0.1, 0.15) is 35.2 Å². The number of thiophene rings is 1. The first-order valence-electron chi connectivity index (χ1n) is 20.7. The number of nitrogens with zero attached hydrogens (tertiary/aromatic N) is 2. The maximum atomic E-state index is 14.8. The number of aryl methyl sites for hydroxylation is 1. The fourth-order valence-electron chi connectivity index (χ4n) is 8.02. The minimum absolute atomic E-state index is 0.0238. The number of allylic oxidation sites excluding steroid dienone is 1. The largest absolute Gasteiger partial charge is 0.496 e. The van der Waals surface area contributed by atoms with E-state index in [0.717, 1.165) is 29.7 Å². The molecule has 2 aliphatic heterocycles. The van der Waals surface area contributed by atoms with E-state index in [9.17, 15) is 32.7 Å². The fraction of sp³-hybridized carbons (Fsp3) is 0.558. The van der Waals surface area contributed by atoms with E-state index in [1.807, 2.05) is 45.1 Å². The number of benzene rings is 1. The van der Waals surface area contributed by atoms with Crippen molar-refractivity contribution in [3.8, 4) is 17.4 Å². The second-order valence-corrected chi connectivity index (χ2v) is 20.2. The van der Waals surface area contributed by atoms with Gasteiger partial charge in [-0.25, -0.2) is 13.4 Å². The fourth-order valence-corrected chi connectivity index (χ4v) is 10.3. The Morgan fingerprint density at radius 1 is 1.08 bits per heavy atom. The lowest BCUT2D eigenvalue weighted by molar-refractivity contribution is -0.141. The molecule has 324 valence electrons. The highest BCUT2D eigenvalue weighted by Crippen LogP contribution is 2.46. The molecule has 2 saturated carbocycles. The molecule has 4 N–H and O–H groups in total. The van der Waals surface area contributed by atoms with Gasteiger partial charge in [-0.1, -0.05) is 25.0 Å². The normalized spacial score (nSPS) is 25.6. The molecule has 0 spiro atoms. The predicted molar refractivity (Wildman–Crippen MR) is 225 cm³/mol. The van der Waals surface area contributed by atoms with Crippen molar-refractivity contribution in [3.05, 3.63) is 57.8 Å². The van der Waals surface area contributed by atoms with Crippen molar-refractivity contribution >= 4 is 55.9 Å². The van der Waals surface area contributed by atoms with E-state index < -0.39 is 74.1 Å². The summed E-state index contributed by atoms with van der Waals surface area (Å²) in [5.74, 6) is -1.51. The number of aliphatic hydroxyl groups is 1. The van der Waals surface area contributed by atoms with Crippen LogP contribution in [0.4, 0.5) is 0 Å². The predicted octanol–water partition coefficient (Wildman–Crippen LogP) is 4.78. The van der Waals surface area contributed by atoms with Gasteiger partial charge in [-0.3, -0.25) is 23.9 Å². The molecule has 7 rings (SSSR count). The van der Waals surface area contributed by atoms with Gasteiger partial charge in [0.25, 0.3) is 11.8 Å². The maximum Gasteiger partial charge on any atom is 0.262 e. The van der Waals surface area contributed by atoms with Gasteiger partial charge in [-0.15, -0.1) is 11.3 Å². The minimum atomic E-state index is -3.92. The zero-order valence-electron chi connectivity index (χ0n) is 34.9. The summed E-state index contributed by atoms with van der Waals surface area (Å²) in [6.07, 6.45) is 7.11. The number of amides is 4. The van der Waals surface area contributed by atoms with Gasteiger partial charge < -0.3 is 34.9 Å². The van der Waals surface area contributed by atoms with Crippen LogP contribution in [0.2, 0.25) is 0 Å². The lowest BCUT2D eigenvalue weighted by Gasteiger charge is -2.30. The summed E-state index contributed by atoms with van der Waals surface area (Å²) in [6, 6.07) is 6.44. The molecular weight excluding hydrogens is 811 g/mol. The van der Waals surface area contributed by atoms with Crippen molar-refractivity contribution in [2.45, 2.75) is 133 Å². The molecule has 4 heterocycles. The van der Waals surface area contributed by atoms with Crippen LogP contribution < -0.4 is 29.6 Å². The average Bonchev–Trinajstić information content (AvgIpc) is 4.05. The molecule has 4 amide bonds. The monoisotopic (exact) mass is 865 g/mol.